The van der Waals surface area contributed by atoms with Gasteiger partial charge in [0.15, 0.2) is 5.96 Å². The smallest absolute Gasteiger partial charge is 0.226 e. The second kappa shape index (κ2) is 11.0. The predicted octanol–water partition coefficient (Wildman–Crippen LogP) is 4.50. The number of aliphatic imine (C=N–C) groups is 1. The Morgan fingerprint density at radius 1 is 1.19 bits per heavy atom. The third kappa shape index (κ3) is 6.62. The summed E-state index contributed by atoms with van der Waals surface area (Å²) in [5, 5.41) is 10.0. The summed E-state index contributed by atoms with van der Waals surface area (Å²) >= 11 is 6.19. The van der Waals surface area contributed by atoms with Crippen LogP contribution in [-0.4, -0.2) is 38.5 Å². The van der Waals surface area contributed by atoms with Crippen molar-refractivity contribution in [2.24, 2.45) is 4.99 Å². The van der Waals surface area contributed by atoms with E-state index in [9.17, 15) is 4.79 Å². The summed E-state index contributed by atoms with van der Waals surface area (Å²) in [6.45, 7) is 6.80. The van der Waals surface area contributed by atoms with Crippen molar-refractivity contribution in [1.29, 1.82) is 0 Å². The van der Waals surface area contributed by atoms with Crippen LogP contribution < -0.4 is 20.9 Å². The molecular weight excluding hydrogens is 410 g/mol. The maximum absolute atomic E-state index is 12.3. The van der Waals surface area contributed by atoms with Crippen LogP contribution in [0.4, 0.5) is 11.4 Å². The molecule has 0 aliphatic carbocycles. The number of nitrogens with one attached hydrogen (secondary N) is 3. The average Bonchev–Trinajstić information content (AvgIpc) is 3.30. The third-order valence-corrected chi connectivity index (χ3v) is 5.77. The fourth-order valence-electron chi connectivity index (χ4n) is 3.68. The average molecular weight is 442 g/mol. The van der Waals surface area contributed by atoms with Crippen molar-refractivity contribution >= 4 is 34.8 Å². The zero-order valence-corrected chi connectivity index (χ0v) is 19.3. The maximum Gasteiger partial charge on any atom is 0.226 e. The lowest BCUT2D eigenvalue weighted by Crippen LogP contribution is -2.40. The first kappa shape index (κ1) is 22.9. The van der Waals surface area contributed by atoms with Crippen molar-refractivity contribution in [3.05, 3.63) is 58.6 Å². The van der Waals surface area contributed by atoms with Gasteiger partial charge in [0.25, 0.3) is 0 Å². The van der Waals surface area contributed by atoms with Gasteiger partial charge in [-0.2, -0.15) is 0 Å². The SMILES string of the molecule is CN=C(NCCC(=O)Nc1ccc(C)cc1Cl)NC(C)c1cccc(N2CCCC2)c1. The molecule has 166 valence electrons. The van der Waals surface area contributed by atoms with E-state index in [0.29, 0.717) is 29.6 Å². The van der Waals surface area contributed by atoms with Gasteiger partial charge in [0.2, 0.25) is 5.91 Å². The van der Waals surface area contributed by atoms with Gasteiger partial charge in [0.05, 0.1) is 16.8 Å². The van der Waals surface area contributed by atoms with Gasteiger partial charge in [0, 0.05) is 38.8 Å². The summed E-state index contributed by atoms with van der Waals surface area (Å²) in [5.74, 6) is 0.570. The molecule has 0 bridgehead atoms. The summed E-state index contributed by atoms with van der Waals surface area (Å²) in [4.78, 5) is 19.0. The van der Waals surface area contributed by atoms with Crippen LogP contribution in [0.2, 0.25) is 5.02 Å². The molecule has 1 unspecified atom stereocenters. The van der Waals surface area contributed by atoms with E-state index in [1.807, 2.05) is 25.1 Å². The van der Waals surface area contributed by atoms with Gasteiger partial charge >= 0.3 is 0 Å². The molecule has 31 heavy (non-hydrogen) atoms. The lowest BCUT2D eigenvalue weighted by atomic mass is 10.1. The van der Waals surface area contributed by atoms with Crippen LogP contribution in [0.3, 0.4) is 0 Å². The highest BCUT2D eigenvalue weighted by atomic mass is 35.5. The molecule has 0 spiro atoms. The molecule has 7 heteroatoms. The largest absolute Gasteiger partial charge is 0.372 e. The zero-order valence-electron chi connectivity index (χ0n) is 18.5. The molecule has 3 rings (SSSR count). The van der Waals surface area contributed by atoms with Crippen molar-refractivity contribution in [3.63, 3.8) is 0 Å². The van der Waals surface area contributed by atoms with Crippen molar-refractivity contribution in [2.75, 3.05) is 36.9 Å². The van der Waals surface area contributed by atoms with Gasteiger partial charge in [0.1, 0.15) is 0 Å². The molecule has 3 N–H and O–H groups in total. The van der Waals surface area contributed by atoms with E-state index in [2.05, 4.69) is 57.0 Å². The van der Waals surface area contributed by atoms with E-state index in [1.165, 1.54) is 24.1 Å². The highest BCUT2D eigenvalue weighted by Gasteiger charge is 2.14. The Balaban J connectivity index is 1.48. The quantitative estimate of drug-likeness (QED) is 0.437. The molecule has 0 radical (unpaired) electrons. The predicted molar refractivity (Wildman–Crippen MR) is 130 cm³/mol. The first-order valence-electron chi connectivity index (χ1n) is 10.8. The van der Waals surface area contributed by atoms with Crippen LogP contribution in [0.1, 0.15) is 43.4 Å². The molecule has 1 heterocycles. The third-order valence-electron chi connectivity index (χ3n) is 5.46. The molecule has 1 atom stereocenters. The lowest BCUT2D eigenvalue weighted by molar-refractivity contribution is -0.116. The number of nitrogens with zero attached hydrogens (tertiary/aromatic N) is 2. The Kier molecular flexibility index (Phi) is 8.18. The number of rotatable bonds is 7. The molecule has 0 aromatic heterocycles. The van der Waals surface area contributed by atoms with Gasteiger partial charge < -0.3 is 20.9 Å². The van der Waals surface area contributed by atoms with Crippen LogP contribution >= 0.6 is 11.6 Å². The summed E-state index contributed by atoms with van der Waals surface area (Å²) in [6.07, 6.45) is 2.83. The normalized spacial score (nSPS) is 15.0. The number of carbonyl (C=O) groups excluding carboxylic acids is 1. The van der Waals surface area contributed by atoms with E-state index in [1.54, 1.807) is 7.05 Å². The van der Waals surface area contributed by atoms with Crippen LogP contribution in [0.15, 0.2) is 47.5 Å². The fraction of sp³-hybridized carbons (Fsp3) is 0.417. The molecule has 2 aromatic rings. The van der Waals surface area contributed by atoms with E-state index < -0.39 is 0 Å². The van der Waals surface area contributed by atoms with Crippen molar-refractivity contribution < 1.29 is 4.79 Å². The molecule has 1 fully saturated rings. The van der Waals surface area contributed by atoms with Gasteiger partial charge in [-0.25, -0.2) is 0 Å². The van der Waals surface area contributed by atoms with Crippen LogP contribution in [-0.2, 0) is 4.79 Å². The second-order valence-electron chi connectivity index (χ2n) is 7.94. The topological polar surface area (TPSA) is 68.8 Å². The number of guanidine groups is 1. The minimum atomic E-state index is -0.0972. The Bertz CT molecular complexity index is 924. The number of amides is 1. The summed E-state index contributed by atoms with van der Waals surface area (Å²) in [5.41, 5.74) is 4.17. The van der Waals surface area contributed by atoms with Crippen LogP contribution in [0.25, 0.3) is 0 Å². The molecular formula is C24H32ClN5O. The minimum Gasteiger partial charge on any atom is -0.372 e. The van der Waals surface area contributed by atoms with Crippen LogP contribution in [0.5, 0.6) is 0 Å². The maximum atomic E-state index is 12.3. The van der Waals surface area contributed by atoms with Crippen LogP contribution in [0, 0.1) is 6.92 Å². The van der Waals surface area contributed by atoms with Gasteiger partial charge in [-0.05, 0) is 62.1 Å². The second-order valence-corrected chi connectivity index (χ2v) is 8.34. The molecule has 1 aliphatic heterocycles. The van der Waals surface area contributed by atoms with Gasteiger partial charge in [-0.3, -0.25) is 9.79 Å². The minimum absolute atomic E-state index is 0.0916. The monoisotopic (exact) mass is 441 g/mol. The lowest BCUT2D eigenvalue weighted by Gasteiger charge is -2.22. The van der Waals surface area contributed by atoms with Crippen molar-refractivity contribution in [2.45, 2.75) is 39.2 Å². The summed E-state index contributed by atoms with van der Waals surface area (Å²) in [6, 6.07) is 14.3. The van der Waals surface area contributed by atoms with E-state index in [-0.39, 0.29) is 11.9 Å². The van der Waals surface area contributed by atoms with Crippen molar-refractivity contribution in [1.82, 2.24) is 10.6 Å². The highest BCUT2D eigenvalue weighted by Crippen LogP contribution is 2.24. The summed E-state index contributed by atoms with van der Waals surface area (Å²) < 4.78 is 0. The number of hydrogen-bond acceptors (Lipinski definition) is 3. The number of halogens is 1. The number of hydrogen-bond donors (Lipinski definition) is 3. The first-order valence-corrected chi connectivity index (χ1v) is 11.2. The molecule has 1 aliphatic rings. The zero-order chi connectivity index (χ0) is 22.2. The number of carbonyl (C=O) groups is 1. The molecule has 6 nitrogen and oxygen atoms in total. The molecule has 2 aromatic carbocycles. The van der Waals surface area contributed by atoms with E-state index in [4.69, 9.17) is 11.6 Å². The Labute approximate surface area is 190 Å². The molecule has 1 saturated heterocycles. The Morgan fingerprint density at radius 2 is 1.97 bits per heavy atom. The van der Waals surface area contributed by atoms with Gasteiger partial charge in [-0.1, -0.05) is 29.8 Å². The first-order chi connectivity index (χ1) is 15.0. The van der Waals surface area contributed by atoms with E-state index in [0.717, 1.165) is 18.7 Å². The van der Waals surface area contributed by atoms with E-state index >= 15 is 0 Å². The molecule has 1 amide bonds. The highest BCUT2D eigenvalue weighted by molar-refractivity contribution is 6.33. The number of anilines is 2. The fourth-order valence-corrected chi connectivity index (χ4v) is 3.96. The summed E-state index contributed by atoms with van der Waals surface area (Å²) in [7, 11) is 1.73. The Morgan fingerprint density at radius 3 is 2.68 bits per heavy atom. The van der Waals surface area contributed by atoms with Crippen molar-refractivity contribution in [3.8, 4) is 0 Å². The number of aryl methyl sites for hydroxylation is 1. The molecule has 0 saturated carbocycles. The number of benzene rings is 2. The Hall–Kier alpha value is -2.73. The van der Waals surface area contributed by atoms with Gasteiger partial charge in [-0.15, -0.1) is 0 Å². The standard InChI is InChI=1S/C24H32ClN5O/c1-17-9-10-22(21(25)15-17)29-23(31)11-12-27-24(26-3)28-18(2)19-7-6-8-20(16-19)30-13-4-5-14-30/h6-10,15-16,18H,4-5,11-14H2,1-3H3,(H,29,31)(H2,26,27,28).